The molecule has 2 aliphatic rings. The van der Waals surface area contributed by atoms with Crippen LogP contribution in [0.25, 0.3) is 11.1 Å². The number of benzene rings is 2. The predicted octanol–water partition coefficient (Wildman–Crippen LogP) is 3.47. The predicted molar refractivity (Wildman–Crippen MR) is 150 cm³/mol. The average molecular weight is 550 g/mol. The van der Waals surface area contributed by atoms with Gasteiger partial charge in [0, 0.05) is 45.1 Å². The Labute approximate surface area is 230 Å². The van der Waals surface area contributed by atoms with Crippen molar-refractivity contribution in [2.45, 2.75) is 31.1 Å². The number of hydrogen-bond donors (Lipinski definition) is 0. The van der Waals surface area contributed by atoms with E-state index in [0.717, 1.165) is 24.1 Å². The molecule has 10 heteroatoms. The number of hydrogen-bond acceptors (Lipinski definition) is 8. The van der Waals surface area contributed by atoms with Gasteiger partial charge in [0.15, 0.2) is 0 Å². The molecule has 0 amide bonds. The van der Waals surface area contributed by atoms with E-state index in [-0.39, 0.29) is 6.61 Å². The van der Waals surface area contributed by atoms with Gasteiger partial charge in [0.25, 0.3) is 0 Å². The topological polar surface area (TPSA) is 95.9 Å². The summed E-state index contributed by atoms with van der Waals surface area (Å²) in [5.74, 6) is 0.00307. The Morgan fingerprint density at radius 2 is 1.59 bits per heavy atom. The number of likely N-dealkylation sites (tertiary alicyclic amines) is 1. The van der Waals surface area contributed by atoms with E-state index >= 15 is 0 Å². The van der Waals surface area contributed by atoms with Crippen molar-refractivity contribution in [3.05, 3.63) is 72.1 Å². The average Bonchev–Trinajstić information content (AvgIpc) is 3.51. The lowest BCUT2D eigenvalue weighted by Crippen LogP contribution is -2.49. The van der Waals surface area contributed by atoms with E-state index in [4.69, 9.17) is 4.74 Å². The SMILES string of the molecule is CCOC(=O)c1cnc(N2CCN(S(=O)(=O)c3ccc(-c4cccc(CCN5CCCC5)c4)cc3)CC2)nc1. The number of carbonyl (C=O) groups is 1. The molecule has 39 heavy (non-hydrogen) atoms. The minimum Gasteiger partial charge on any atom is -0.462 e. The first-order valence-electron chi connectivity index (χ1n) is 13.6. The van der Waals surface area contributed by atoms with Crippen LogP contribution >= 0.6 is 0 Å². The Bertz CT molecular complexity index is 1370. The van der Waals surface area contributed by atoms with Gasteiger partial charge in [-0.05, 0) is 68.1 Å². The highest BCUT2D eigenvalue weighted by Gasteiger charge is 2.29. The molecule has 0 radical (unpaired) electrons. The van der Waals surface area contributed by atoms with Crippen LogP contribution in [0.5, 0.6) is 0 Å². The molecule has 5 rings (SSSR count). The number of esters is 1. The Balaban J connectivity index is 1.19. The molecule has 0 spiro atoms. The van der Waals surface area contributed by atoms with E-state index in [0.29, 0.717) is 42.6 Å². The third-order valence-corrected chi connectivity index (χ3v) is 9.25. The highest BCUT2D eigenvalue weighted by atomic mass is 32.2. The number of piperazine rings is 1. The zero-order valence-corrected chi connectivity index (χ0v) is 23.1. The molecule has 3 aromatic rings. The van der Waals surface area contributed by atoms with Gasteiger partial charge in [-0.2, -0.15) is 4.31 Å². The van der Waals surface area contributed by atoms with Crippen LogP contribution in [0, 0.1) is 0 Å². The second-order valence-corrected chi connectivity index (χ2v) is 11.8. The van der Waals surface area contributed by atoms with Gasteiger partial charge < -0.3 is 14.5 Å². The normalized spacial score (nSPS) is 16.9. The van der Waals surface area contributed by atoms with Gasteiger partial charge in [-0.1, -0.05) is 36.4 Å². The molecular weight excluding hydrogens is 514 g/mol. The van der Waals surface area contributed by atoms with Crippen molar-refractivity contribution in [3.8, 4) is 11.1 Å². The Kier molecular flexibility index (Phi) is 8.54. The summed E-state index contributed by atoms with van der Waals surface area (Å²) < 4.78 is 33.2. The van der Waals surface area contributed by atoms with Crippen molar-refractivity contribution in [1.29, 1.82) is 0 Å². The molecule has 0 N–H and O–H groups in total. The molecular formula is C29H35N5O4S. The minimum atomic E-state index is -3.62. The molecule has 0 atom stereocenters. The molecule has 0 unspecified atom stereocenters. The molecule has 206 valence electrons. The largest absolute Gasteiger partial charge is 0.462 e. The van der Waals surface area contributed by atoms with Crippen molar-refractivity contribution >= 4 is 21.9 Å². The summed E-state index contributed by atoms with van der Waals surface area (Å²) in [6.45, 7) is 7.07. The molecule has 3 heterocycles. The van der Waals surface area contributed by atoms with E-state index in [1.54, 1.807) is 19.1 Å². The fourth-order valence-corrected chi connectivity index (χ4v) is 6.52. The molecule has 1 aromatic heterocycles. The van der Waals surface area contributed by atoms with Crippen LogP contribution in [0.3, 0.4) is 0 Å². The maximum Gasteiger partial charge on any atom is 0.341 e. The first kappa shape index (κ1) is 27.2. The van der Waals surface area contributed by atoms with Gasteiger partial charge in [0.1, 0.15) is 0 Å². The van der Waals surface area contributed by atoms with Crippen molar-refractivity contribution in [2.24, 2.45) is 0 Å². The summed E-state index contributed by atoms with van der Waals surface area (Å²) in [5, 5.41) is 0. The number of ether oxygens (including phenoxy) is 1. The van der Waals surface area contributed by atoms with Crippen LogP contribution in [0.1, 0.15) is 35.7 Å². The van der Waals surface area contributed by atoms with Crippen LogP contribution in [0.4, 0.5) is 5.95 Å². The van der Waals surface area contributed by atoms with Crippen LogP contribution in [-0.4, -0.2) is 86.0 Å². The lowest BCUT2D eigenvalue weighted by Gasteiger charge is -2.34. The van der Waals surface area contributed by atoms with Crippen LogP contribution < -0.4 is 4.90 Å². The number of carbonyl (C=O) groups excluding carboxylic acids is 1. The molecule has 2 aliphatic heterocycles. The third-order valence-electron chi connectivity index (χ3n) is 7.34. The second kappa shape index (κ2) is 12.2. The molecule has 0 aliphatic carbocycles. The zero-order valence-electron chi connectivity index (χ0n) is 22.3. The molecule has 2 fully saturated rings. The molecule has 2 aromatic carbocycles. The molecule has 0 saturated carbocycles. The summed E-state index contributed by atoms with van der Waals surface area (Å²) >= 11 is 0. The summed E-state index contributed by atoms with van der Waals surface area (Å²) in [5.41, 5.74) is 3.69. The van der Waals surface area contributed by atoms with Gasteiger partial charge in [-0.3, -0.25) is 0 Å². The summed E-state index contributed by atoms with van der Waals surface area (Å²) in [7, 11) is -3.62. The van der Waals surface area contributed by atoms with Crippen LogP contribution in [0.2, 0.25) is 0 Å². The Morgan fingerprint density at radius 1 is 0.897 bits per heavy atom. The quantitative estimate of drug-likeness (QED) is 0.375. The smallest absolute Gasteiger partial charge is 0.341 e. The Morgan fingerprint density at radius 3 is 2.26 bits per heavy atom. The van der Waals surface area contributed by atoms with E-state index in [2.05, 4.69) is 39.1 Å². The minimum absolute atomic E-state index is 0.284. The first-order valence-corrected chi connectivity index (χ1v) is 15.0. The number of aromatic nitrogens is 2. The molecule has 9 nitrogen and oxygen atoms in total. The van der Waals surface area contributed by atoms with E-state index in [1.807, 2.05) is 17.0 Å². The lowest BCUT2D eigenvalue weighted by molar-refractivity contribution is 0.0525. The summed E-state index contributed by atoms with van der Waals surface area (Å²) in [6, 6.07) is 15.7. The van der Waals surface area contributed by atoms with Crippen molar-refractivity contribution < 1.29 is 17.9 Å². The van der Waals surface area contributed by atoms with Gasteiger partial charge in [-0.15, -0.1) is 0 Å². The molecule has 2 saturated heterocycles. The fraction of sp³-hybridized carbons (Fsp3) is 0.414. The van der Waals surface area contributed by atoms with E-state index in [9.17, 15) is 13.2 Å². The van der Waals surface area contributed by atoms with Crippen molar-refractivity contribution in [1.82, 2.24) is 19.2 Å². The summed E-state index contributed by atoms with van der Waals surface area (Å²) in [4.78, 5) is 25.1. The number of nitrogens with zero attached hydrogens (tertiary/aromatic N) is 5. The highest BCUT2D eigenvalue weighted by molar-refractivity contribution is 7.89. The maximum atomic E-state index is 13.3. The number of anilines is 1. The van der Waals surface area contributed by atoms with E-state index < -0.39 is 16.0 Å². The lowest BCUT2D eigenvalue weighted by atomic mass is 10.0. The first-order chi connectivity index (χ1) is 18.9. The second-order valence-electron chi connectivity index (χ2n) is 9.91. The van der Waals surface area contributed by atoms with Crippen LogP contribution in [-0.2, 0) is 21.2 Å². The highest BCUT2D eigenvalue weighted by Crippen LogP contribution is 2.25. The maximum absolute atomic E-state index is 13.3. The van der Waals surface area contributed by atoms with E-state index in [1.165, 1.54) is 48.2 Å². The monoisotopic (exact) mass is 549 g/mol. The fourth-order valence-electron chi connectivity index (χ4n) is 5.10. The Hall–Kier alpha value is -3.34. The van der Waals surface area contributed by atoms with Gasteiger partial charge in [-0.25, -0.2) is 23.2 Å². The number of rotatable bonds is 9. The van der Waals surface area contributed by atoms with Gasteiger partial charge >= 0.3 is 5.97 Å². The van der Waals surface area contributed by atoms with Gasteiger partial charge in [0.05, 0.1) is 17.1 Å². The third kappa shape index (κ3) is 6.46. The van der Waals surface area contributed by atoms with Crippen LogP contribution in [0.15, 0.2) is 65.8 Å². The zero-order chi connectivity index (χ0) is 27.2. The van der Waals surface area contributed by atoms with Crippen molar-refractivity contribution in [3.63, 3.8) is 0 Å². The van der Waals surface area contributed by atoms with Crippen molar-refractivity contribution in [2.75, 3.05) is 57.3 Å². The molecule has 0 bridgehead atoms. The summed E-state index contributed by atoms with van der Waals surface area (Å²) in [6.07, 6.45) is 6.49. The van der Waals surface area contributed by atoms with Gasteiger partial charge in [0.2, 0.25) is 16.0 Å². The number of sulfonamides is 1. The standard InChI is InChI=1S/C29H35N5O4S/c1-2-38-28(35)26-21-30-29(31-22-26)33-16-18-34(19-17-33)39(36,37)27-10-8-24(9-11-27)25-7-5-6-23(20-25)12-15-32-13-3-4-14-32/h5-11,20-22H,2-4,12-19H2,1H3.